The number of anilines is 1. The van der Waals surface area contributed by atoms with Gasteiger partial charge in [-0.25, -0.2) is 14.8 Å². The molecule has 0 bridgehead atoms. The quantitative estimate of drug-likeness (QED) is 0.447. The maximum absolute atomic E-state index is 13.9. The molecule has 1 aromatic heterocycles. The van der Waals surface area contributed by atoms with Crippen LogP contribution in [0.4, 0.5) is 5.82 Å². The summed E-state index contributed by atoms with van der Waals surface area (Å²) < 4.78 is 13.2. The van der Waals surface area contributed by atoms with Gasteiger partial charge in [-0.15, -0.1) is 0 Å². The number of rotatable bonds is 6. The van der Waals surface area contributed by atoms with E-state index in [1.807, 2.05) is 54.3 Å². The third-order valence-electron chi connectivity index (χ3n) is 7.07. The van der Waals surface area contributed by atoms with Crippen LogP contribution in [0.3, 0.4) is 0 Å². The highest BCUT2D eigenvalue weighted by atomic mass is 79.9. The molecule has 0 fully saturated rings. The second-order valence-electron chi connectivity index (χ2n) is 9.66. The Hall–Kier alpha value is -3.70. The van der Waals surface area contributed by atoms with Crippen LogP contribution >= 0.6 is 15.9 Å². The average Bonchev–Trinajstić information content (AvgIpc) is 3.60. The van der Waals surface area contributed by atoms with E-state index in [0.29, 0.717) is 43.6 Å². The SMILES string of the molecule is CCN1C(=O)c2c(nc(C(=O)OC)n2Cc2cc(Br)c3c(c2)CCO3)N2C[C@@](N)(Cc3ccccc3)N=C12. The fourth-order valence-electron chi connectivity index (χ4n) is 5.40. The molecule has 2 aromatic carbocycles. The Kier molecular flexibility index (Phi) is 5.99. The summed E-state index contributed by atoms with van der Waals surface area (Å²) in [6.45, 7) is 3.45. The van der Waals surface area contributed by atoms with Crippen molar-refractivity contribution in [1.29, 1.82) is 0 Å². The van der Waals surface area contributed by atoms with Crippen molar-refractivity contribution in [3.63, 3.8) is 0 Å². The van der Waals surface area contributed by atoms with Gasteiger partial charge in [0, 0.05) is 19.4 Å². The first-order chi connectivity index (χ1) is 18.3. The van der Waals surface area contributed by atoms with E-state index in [1.54, 1.807) is 9.47 Å². The molecule has 1 amide bonds. The molecule has 1 atom stereocenters. The molecule has 0 unspecified atom stereocenters. The number of aromatic nitrogens is 2. The minimum atomic E-state index is -0.966. The van der Waals surface area contributed by atoms with Crippen LogP contribution in [-0.4, -0.2) is 64.8 Å². The van der Waals surface area contributed by atoms with Gasteiger partial charge in [-0.2, -0.15) is 0 Å². The number of ether oxygens (including phenoxy) is 2. The second kappa shape index (κ2) is 9.25. The lowest BCUT2D eigenvalue weighted by Crippen LogP contribution is -2.52. The molecular weight excluding hydrogens is 552 g/mol. The van der Waals surface area contributed by atoms with Gasteiger partial charge in [-0.05, 0) is 45.6 Å². The summed E-state index contributed by atoms with van der Waals surface area (Å²) in [4.78, 5) is 39.7. The zero-order valence-corrected chi connectivity index (χ0v) is 22.7. The number of carbonyl (C=O) groups excluding carboxylic acids is 2. The van der Waals surface area contributed by atoms with Crippen molar-refractivity contribution in [1.82, 2.24) is 14.5 Å². The lowest BCUT2D eigenvalue weighted by atomic mass is 10.0. The Morgan fingerprint density at radius 3 is 2.76 bits per heavy atom. The summed E-state index contributed by atoms with van der Waals surface area (Å²) in [6, 6.07) is 13.9. The lowest BCUT2D eigenvalue weighted by molar-refractivity contribution is 0.0581. The molecule has 10 nitrogen and oxygen atoms in total. The fraction of sp³-hybridized carbons (Fsp3) is 0.333. The molecule has 6 rings (SSSR count). The predicted molar refractivity (Wildman–Crippen MR) is 145 cm³/mol. The Morgan fingerprint density at radius 2 is 2.03 bits per heavy atom. The van der Waals surface area contributed by atoms with Crippen LogP contribution in [0.25, 0.3) is 0 Å². The van der Waals surface area contributed by atoms with E-state index in [2.05, 4.69) is 20.9 Å². The van der Waals surface area contributed by atoms with Gasteiger partial charge in [0.25, 0.3) is 5.91 Å². The second-order valence-corrected chi connectivity index (χ2v) is 10.5. The minimum Gasteiger partial charge on any atom is -0.492 e. The van der Waals surface area contributed by atoms with Gasteiger partial charge >= 0.3 is 5.97 Å². The first kappa shape index (κ1) is 24.6. The van der Waals surface area contributed by atoms with E-state index >= 15 is 0 Å². The van der Waals surface area contributed by atoms with Crippen molar-refractivity contribution in [2.75, 3.05) is 31.7 Å². The molecule has 2 N–H and O–H groups in total. The summed E-state index contributed by atoms with van der Waals surface area (Å²) in [6.07, 6.45) is 1.29. The topological polar surface area (TPSA) is 115 Å². The number of nitrogens with zero attached hydrogens (tertiary/aromatic N) is 5. The van der Waals surface area contributed by atoms with Crippen molar-refractivity contribution in [2.45, 2.75) is 32.0 Å². The third kappa shape index (κ3) is 3.97. The van der Waals surface area contributed by atoms with Crippen molar-refractivity contribution in [3.05, 3.63) is 75.1 Å². The van der Waals surface area contributed by atoms with Gasteiger partial charge in [-0.3, -0.25) is 14.6 Å². The first-order valence-corrected chi connectivity index (χ1v) is 13.3. The Morgan fingerprint density at radius 1 is 1.24 bits per heavy atom. The number of methoxy groups -OCH3 is 1. The highest BCUT2D eigenvalue weighted by Gasteiger charge is 2.48. The van der Waals surface area contributed by atoms with Crippen molar-refractivity contribution >= 4 is 39.6 Å². The lowest BCUT2D eigenvalue weighted by Gasteiger charge is -2.33. The summed E-state index contributed by atoms with van der Waals surface area (Å²) in [5, 5.41) is 0. The molecule has 3 aromatic rings. The van der Waals surface area contributed by atoms with E-state index in [4.69, 9.17) is 20.2 Å². The van der Waals surface area contributed by atoms with E-state index in [9.17, 15) is 9.59 Å². The monoisotopic (exact) mass is 578 g/mol. The van der Waals surface area contributed by atoms with Crippen LogP contribution < -0.4 is 15.4 Å². The van der Waals surface area contributed by atoms with Gasteiger partial charge in [0.15, 0.2) is 11.5 Å². The molecule has 0 radical (unpaired) electrons. The molecule has 0 saturated heterocycles. The van der Waals surface area contributed by atoms with Crippen LogP contribution in [0.5, 0.6) is 5.75 Å². The molecule has 3 aliphatic rings. The molecule has 0 saturated carbocycles. The summed E-state index contributed by atoms with van der Waals surface area (Å²) in [5.74, 6) is 0.782. The number of esters is 1. The van der Waals surface area contributed by atoms with Crippen molar-refractivity contribution in [3.8, 4) is 5.75 Å². The third-order valence-corrected chi connectivity index (χ3v) is 7.66. The number of benzene rings is 2. The smallest absolute Gasteiger partial charge is 0.374 e. The minimum absolute atomic E-state index is 0.0496. The van der Waals surface area contributed by atoms with Gasteiger partial charge in [0.2, 0.25) is 11.8 Å². The largest absolute Gasteiger partial charge is 0.492 e. The zero-order valence-electron chi connectivity index (χ0n) is 21.1. The maximum Gasteiger partial charge on any atom is 0.374 e. The molecule has 0 spiro atoms. The zero-order chi connectivity index (χ0) is 26.6. The Bertz CT molecular complexity index is 1490. The van der Waals surface area contributed by atoms with Crippen LogP contribution in [0.1, 0.15) is 44.7 Å². The number of imidazole rings is 1. The van der Waals surface area contributed by atoms with Crippen LogP contribution in [0.15, 0.2) is 51.9 Å². The van der Waals surface area contributed by atoms with Crippen molar-refractivity contribution < 1.29 is 19.1 Å². The average molecular weight is 579 g/mol. The number of guanidine groups is 1. The maximum atomic E-state index is 13.9. The highest BCUT2D eigenvalue weighted by molar-refractivity contribution is 9.10. The molecule has 0 aliphatic carbocycles. The number of hydrogen-bond donors (Lipinski definition) is 1. The van der Waals surface area contributed by atoms with Crippen LogP contribution in [0.2, 0.25) is 0 Å². The molecule has 38 heavy (non-hydrogen) atoms. The van der Waals surface area contributed by atoms with Gasteiger partial charge in [0.1, 0.15) is 11.4 Å². The molecule has 196 valence electrons. The van der Waals surface area contributed by atoms with Crippen LogP contribution in [-0.2, 0) is 24.1 Å². The summed E-state index contributed by atoms with van der Waals surface area (Å²) in [5.41, 5.74) is 9.15. The van der Waals surface area contributed by atoms with E-state index in [0.717, 1.165) is 33.3 Å². The predicted octanol–water partition coefficient (Wildman–Crippen LogP) is 2.96. The number of fused-ring (bicyclic) bond motifs is 4. The highest BCUT2D eigenvalue weighted by Crippen LogP contribution is 2.38. The Labute approximate surface area is 228 Å². The van der Waals surface area contributed by atoms with E-state index in [-0.39, 0.29) is 18.3 Å². The van der Waals surface area contributed by atoms with E-state index in [1.165, 1.54) is 7.11 Å². The number of halogens is 1. The normalized spacial score (nSPS) is 19.6. The molecular formula is C27H27BrN6O4. The van der Waals surface area contributed by atoms with Crippen LogP contribution in [0, 0.1) is 0 Å². The number of aliphatic imine (C=N–C) groups is 1. The van der Waals surface area contributed by atoms with E-state index < -0.39 is 11.6 Å². The Balaban J connectivity index is 1.44. The number of hydrogen-bond acceptors (Lipinski definition) is 8. The van der Waals surface area contributed by atoms with Gasteiger partial charge in [-0.1, -0.05) is 36.4 Å². The van der Waals surface area contributed by atoms with Gasteiger partial charge in [0.05, 0.1) is 31.3 Å². The van der Waals surface area contributed by atoms with Crippen molar-refractivity contribution in [2.24, 2.45) is 10.7 Å². The molecule has 4 heterocycles. The first-order valence-electron chi connectivity index (χ1n) is 12.5. The number of amides is 1. The molecule has 11 heteroatoms. The van der Waals surface area contributed by atoms with Gasteiger partial charge < -0.3 is 19.8 Å². The molecule has 3 aliphatic heterocycles. The summed E-state index contributed by atoms with van der Waals surface area (Å²) >= 11 is 3.59. The number of nitrogens with two attached hydrogens (primary N) is 1. The number of carbonyl (C=O) groups is 2. The standard InChI is InChI=1S/C27H27BrN6O4/c1-3-32-24(35)20-22(34-15-27(29,31-26(32)34)13-16-7-5-4-6-8-16)30-23(25(36)37-2)33(20)14-17-11-18-9-10-38-21(18)19(28)12-17/h4-8,11-12H,3,9-10,13-15,29H2,1-2H3/t27-/m1/s1. The summed E-state index contributed by atoms with van der Waals surface area (Å²) in [7, 11) is 1.30. The fourth-order valence-corrected chi connectivity index (χ4v) is 6.06.